The van der Waals surface area contributed by atoms with Crippen LogP contribution < -0.4 is 9.64 Å². The normalized spacial score (nSPS) is 17.8. The van der Waals surface area contributed by atoms with Crippen molar-refractivity contribution in [1.29, 1.82) is 0 Å². The van der Waals surface area contributed by atoms with E-state index in [1.54, 1.807) is 0 Å². The van der Waals surface area contributed by atoms with Gasteiger partial charge in [-0.15, -0.1) is 0 Å². The summed E-state index contributed by atoms with van der Waals surface area (Å²) in [6, 6.07) is 4.11. The van der Waals surface area contributed by atoms with Gasteiger partial charge in [0.2, 0.25) is 0 Å². The van der Waals surface area contributed by atoms with Gasteiger partial charge in [0.25, 0.3) is 0 Å². The second kappa shape index (κ2) is 9.86. The van der Waals surface area contributed by atoms with Gasteiger partial charge in [-0.05, 0) is 79.9 Å². The first-order valence-electron chi connectivity index (χ1n) is 11.6. The predicted octanol–water partition coefficient (Wildman–Crippen LogP) is 5.39. The molecule has 172 valence electrons. The third kappa shape index (κ3) is 8.81. The number of aromatic nitrogens is 1. The van der Waals surface area contributed by atoms with E-state index in [0.717, 1.165) is 50.7 Å². The van der Waals surface area contributed by atoms with Crippen LogP contribution in [0.15, 0.2) is 18.3 Å². The molecule has 0 aliphatic carbocycles. The largest absolute Gasteiger partial charge is 0.487 e. The van der Waals surface area contributed by atoms with E-state index in [4.69, 9.17) is 9.47 Å². The zero-order chi connectivity index (χ0) is 22.6. The van der Waals surface area contributed by atoms with Gasteiger partial charge in [-0.25, -0.2) is 4.98 Å². The summed E-state index contributed by atoms with van der Waals surface area (Å²) in [5, 5.41) is 0. The van der Waals surface area contributed by atoms with Crippen LogP contribution in [0.4, 0.5) is 5.82 Å². The van der Waals surface area contributed by atoms with E-state index in [2.05, 4.69) is 83.2 Å². The summed E-state index contributed by atoms with van der Waals surface area (Å²) in [4.78, 5) is 9.62. The molecule has 5 heteroatoms. The maximum Gasteiger partial charge on any atom is 0.138 e. The third-order valence-electron chi connectivity index (χ3n) is 5.30. The van der Waals surface area contributed by atoms with Crippen molar-refractivity contribution in [2.75, 3.05) is 37.6 Å². The molecular weight excluding hydrogens is 374 g/mol. The van der Waals surface area contributed by atoms with Crippen LogP contribution in [-0.4, -0.2) is 59.4 Å². The number of anilines is 1. The van der Waals surface area contributed by atoms with Crippen molar-refractivity contribution >= 4 is 5.82 Å². The number of rotatable bonds is 8. The van der Waals surface area contributed by atoms with Gasteiger partial charge in [-0.2, -0.15) is 0 Å². The lowest BCUT2D eigenvalue weighted by atomic mass is 9.90. The molecule has 0 aromatic carbocycles. The first kappa shape index (κ1) is 24.9. The molecule has 0 spiro atoms. The maximum atomic E-state index is 6.32. The number of pyridine rings is 1. The predicted molar refractivity (Wildman–Crippen MR) is 127 cm³/mol. The number of nitrogens with zero attached hydrogens (tertiary/aromatic N) is 3. The summed E-state index contributed by atoms with van der Waals surface area (Å²) in [5.74, 6) is 2.53. The Hall–Kier alpha value is -1.33. The quantitative estimate of drug-likeness (QED) is 0.565. The zero-order valence-corrected chi connectivity index (χ0v) is 20.9. The lowest BCUT2D eigenvalue weighted by Gasteiger charge is -2.40. The molecule has 1 aliphatic heterocycles. The van der Waals surface area contributed by atoms with E-state index in [0.29, 0.717) is 5.92 Å². The molecule has 30 heavy (non-hydrogen) atoms. The summed E-state index contributed by atoms with van der Waals surface area (Å²) in [7, 11) is 0. The minimum Gasteiger partial charge on any atom is -0.487 e. The molecule has 0 saturated carbocycles. The molecule has 1 aromatic rings. The third-order valence-corrected chi connectivity index (χ3v) is 5.30. The highest BCUT2D eigenvalue weighted by Gasteiger charge is 2.30. The summed E-state index contributed by atoms with van der Waals surface area (Å²) < 4.78 is 12.2. The highest BCUT2D eigenvalue weighted by molar-refractivity contribution is 5.41. The van der Waals surface area contributed by atoms with Gasteiger partial charge in [0.15, 0.2) is 0 Å². The Labute approximate surface area is 185 Å². The Morgan fingerprint density at radius 2 is 1.57 bits per heavy atom. The van der Waals surface area contributed by atoms with Crippen molar-refractivity contribution in [3.05, 3.63) is 18.3 Å². The summed E-state index contributed by atoms with van der Waals surface area (Å²) in [6.45, 7) is 24.7. The monoisotopic (exact) mass is 419 g/mol. The average Bonchev–Trinajstić information content (AvgIpc) is 2.59. The number of hydrogen-bond donors (Lipinski definition) is 0. The Kier molecular flexibility index (Phi) is 8.20. The Bertz CT molecular complexity index is 636. The zero-order valence-electron chi connectivity index (χ0n) is 20.9. The molecule has 1 fully saturated rings. The molecule has 1 aromatic heterocycles. The van der Waals surface area contributed by atoms with E-state index in [-0.39, 0.29) is 16.8 Å². The van der Waals surface area contributed by atoms with E-state index >= 15 is 0 Å². The van der Waals surface area contributed by atoms with Crippen molar-refractivity contribution < 1.29 is 9.47 Å². The Balaban J connectivity index is 1.84. The minimum absolute atomic E-state index is 0.0957. The molecule has 1 saturated heterocycles. The van der Waals surface area contributed by atoms with Crippen LogP contribution in [0, 0.1) is 5.92 Å². The van der Waals surface area contributed by atoms with E-state index < -0.39 is 0 Å². The van der Waals surface area contributed by atoms with Crippen molar-refractivity contribution in [3.63, 3.8) is 0 Å². The van der Waals surface area contributed by atoms with Crippen molar-refractivity contribution in [2.45, 2.75) is 92.0 Å². The van der Waals surface area contributed by atoms with Crippen molar-refractivity contribution in [1.82, 2.24) is 9.88 Å². The Morgan fingerprint density at radius 3 is 2.03 bits per heavy atom. The van der Waals surface area contributed by atoms with E-state index in [9.17, 15) is 0 Å². The molecule has 1 atom stereocenters. The minimum atomic E-state index is -0.197. The number of piperazine rings is 1. The summed E-state index contributed by atoms with van der Waals surface area (Å²) in [5.41, 5.74) is -0.396. The van der Waals surface area contributed by atoms with Crippen LogP contribution in [-0.2, 0) is 4.74 Å². The van der Waals surface area contributed by atoms with Crippen molar-refractivity contribution in [3.8, 4) is 5.75 Å². The fraction of sp³-hybridized carbons (Fsp3) is 0.800. The van der Waals surface area contributed by atoms with Crippen LogP contribution in [0.5, 0.6) is 5.75 Å². The van der Waals surface area contributed by atoms with Gasteiger partial charge in [0, 0.05) is 32.7 Å². The van der Waals surface area contributed by atoms with E-state index in [1.165, 1.54) is 6.42 Å². The smallest absolute Gasteiger partial charge is 0.138 e. The fourth-order valence-corrected chi connectivity index (χ4v) is 4.40. The van der Waals surface area contributed by atoms with Crippen LogP contribution in [0.25, 0.3) is 0 Å². The van der Waals surface area contributed by atoms with Crippen LogP contribution >= 0.6 is 0 Å². The van der Waals surface area contributed by atoms with Crippen LogP contribution in [0.1, 0.15) is 75.2 Å². The number of ether oxygens (including phenoxy) is 2. The maximum absolute atomic E-state index is 6.32. The first-order valence-corrected chi connectivity index (χ1v) is 11.6. The molecule has 2 heterocycles. The summed E-state index contributed by atoms with van der Waals surface area (Å²) >= 11 is 0. The highest BCUT2D eigenvalue weighted by atomic mass is 16.5. The van der Waals surface area contributed by atoms with Gasteiger partial charge in [-0.1, -0.05) is 13.3 Å². The van der Waals surface area contributed by atoms with Crippen LogP contribution in [0.2, 0.25) is 0 Å². The molecule has 0 amide bonds. The molecule has 1 aliphatic rings. The van der Waals surface area contributed by atoms with Gasteiger partial charge >= 0.3 is 0 Å². The van der Waals surface area contributed by atoms with Gasteiger partial charge in [0.1, 0.15) is 17.2 Å². The van der Waals surface area contributed by atoms with Gasteiger partial charge in [-0.3, -0.25) is 4.90 Å². The second-order valence-corrected chi connectivity index (χ2v) is 11.3. The molecule has 2 rings (SSSR count). The molecular formula is C25H45N3O2. The first-order chi connectivity index (χ1) is 13.8. The van der Waals surface area contributed by atoms with Crippen LogP contribution in [0.3, 0.4) is 0 Å². The molecule has 5 nitrogen and oxygen atoms in total. The lowest BCUT2D eigenvalue weighted by molar-refractivity contribution is -0.123. The standard InChI is InChI=1S/C25H45N3O2/c1-10-20(17-25(8,9)30-24(5,6)7)19-27-13-15-28(16-14-27)22-12-11-21(18-26-22)29-23(2,3)4/h11-12,18,20H,10,13-17,19H2,1-9H3. The molecule has 0 radical (unpaired) electrons. The number of hydrogen-bond acceptors (Lipinski definition) is 5. The van der Waals surface area contributed by atoms with E-state index in [1.807, 2.05) is 12.3 Å². The average molecular weight is 420 g/mol. The van der Waals surface area contributed by atoms with Gasteiger partial charge in [0.05, 0.1) is 17.4 Å². The van der Waals surface area contributed by atoms with Gasteiger partial charge < -0.3 is 14.4 Å². The summed E-state index contributed by atoms with van der Waals surface area (Å²) in [6.07, 6.45) is 4.13. The second-order valence-electron chi connectivity index (χ2n) is 11.3. The molecule has 1 unspecified atom stereocenters. The fourth-order valence-electron chi connectivity index (χ4n) is 4.40. The molecule has 0 N–H and O–H groups in total. The lowest BCUT2D eigenvalue weighted by Crippen LogP contribution is -2.48. The SMILES string of the molecule is CCC(CN1CCN(c2ccc(OC(C)(C)C)cn2)CC1)CC(C)(C)OC(C)(C)C. The van der Waals surface area contributed by atoms with Crippen molar-refractivity contribution in [2.24, 2.45) is 5.92 Å². The topological polar surface area (TPSA) is 37.8 Å². The Morgan fingerprint density at radius 1 is 0.933 bits per heavy atom. The molecule has 0 bridgehead atoms. The highest BCUT2D eigenvalue weighted by Crippen LogP contribution is 2.29.